The lowest BCUT2D eigenvalue weighted by atomic mass is 10.1. The smallest absolute Gasteiger partial charge is 0.416 e. The van der Waals surface area contributed by atoms with Crippen molar-refractivity contribution < 1.29 is 32.2 Å². The third kappa shape index (κ3) is 5.64. The molecule has 0 atom stereocenters. The van der Waals surface area contributed by atoms with Gasteiger partial charge in [0.1, 0.15) is 18.7 Å². The van der Waals surface area contributed by atoms with Gasteiger partial charge in [0.15, 0.2) is 5.82 Å². The van der Waals surface area contributed by atoms with Gasteiger partial charge in [0.05, 0.1) is 12.1 Å². The van der Waals surface area contributed by atoms with Gasteiger partial charge < -0.3 is 25.8 Å². The molecule has 0 spiro atoms. The minimum absolute atomic E-state index is 0.111. The van der Waals surface area contributed by atoms with Crippen LogP contribution in [-0.4, -0.2) is 34.9 Å². The van der Waals surface area contributed by atoms with Crippen molar-refractivity contribution in [3.8, 4) is 29.2 Å². The van der Waals surface area contributed by atoms with E-state index in [-0.39, 0.29) is 28.4 Å². The first kappa shape index (κ1) is 24.3. The van der Waals surface area contributed by atoms with Gasteiger partial charge in [-0.1, -0.05) is 12.0 Å². The van der Waals surface area contributed by atoms with Crippen LogP contribution < -0.4 is 25.8 Å². The summed E-state index contributed by atoms with van der Waals surface area (Å²) in [4.78, 5) is 32.0. The third-order valence-electron chi connectivity index (χ3n) is 4.92. The summed E-state index contributed by atoms with van der Waals surface area (Å²) in [5.41, 5.74) is 4.36. The number of nitrogens with one attached hydrogen (secondary N) is 2. The van der Waals surface area contributed by atoms with Crippen molar-refractivity contribution in [1.29, 1.82) is 0 Å². The summed E-state index contributed by atoms with van der Waals surface area (Å²) in [6, 6.07) is 7.25. The van der Waals surface area contributed by atoms with Gasteiger partial charge in [0.2, 0.25) is 5.75 Å². The number of hydrogen-bond acceptors (Lipinski definition) is 7. The molecule has 9 nitrogen and oxygen atoms in total. The fraction of sp³-hybridized carbons (Fsp3) is 0.167. The summed E-state index contributed by atoms with van der Waals surface area (Å²) >= 11 is 0. The van der Waals surface area contributed by atoms with Gasteiger partial charge in [0, 0.05) is 16.8 Å². The number of halogens is 3. The average molecular weight is 497 g/mol. The highest BCUT2D eigenvalue weighted by atomic mass is 19.4. The molecule has 36 heavy (non-hydrogen) atoms. The number of rotatable bonds is 4. The number of carbonyl (C=O) groups is 2. The Morgan fingerprint density at radius 1 is 1.19 bits per heavy atom. The highest BCUT2D eigenvalue weighted by molar-refractivity contribution is 6.04. The number of fused-ring (bicyclic) bond motifs is 1. The lowest BCUT2D eigenvalue weighted by molar-refractivity contribution is -0.137. The molecule has 184 valence electrons. The number of nitrogens with zero attached hydrogens (tertiary/aromatic N) is 2. The number of alkyl halides is 3. The van der Waals surface area contributed by atoms with Crippen LogP contribution in [-0.2, 0) is 11.0 Å². The van der Waals surface area contributed by atoms with E-state index in [2.05, 4.69) is 26.5 Å². The number of amides is 2. The van der Waals surface area contributed by atoms with Crippen LogP contribution in [0.5, 0.6) is 17.4 Å². The summed E-state index contributed by atoms with van der Waals surface area (Å²) in [7, 11) is 0. The van der Waals surface area contributed by atoms with E-state index < -0.39 is 23.6 Å². The van der Waals surface area contributed by atoms with Gasteiger partial charge in [-0.15, -0.1) is 0 Å². The Labute approximate surface area is 202 Å². The summed E-state index contributed by atoms with van der Waals surface area (Å²) < 4.78 is 51.5. The molecule has 0 bridgehead atoms. The van der Waals surface area contributed by atoms with E-state index in [1.807, 2.05) is 5.92 Å². The number of benzene rings is 2. The molecule has 2 heterocycles. The lowest BCUT2D eigenvalue weighted by Crippen LogP contribution is -2.19. The molecule has 0 aliphatic carbocycles. The Balaban J connectivity index is 1.61. The number of aryl methyl sites for hydroxylation is 1. The Hall–Kier alpha value is -4.79. The third-order valence-corrected chi connectivity index (χ3v) is 4.92. The van der Waals surface area contributed by atoms with Crippen molar-refractivity contribution in [2.75, 3.05) is 23.8 Å². The van der Waals surface area contributed by atoms with Crippen LogP contribution in [0.1, 0.15) is 27.0 Å². The minimum Gasteiger partial charge on any atom is -0.483 e. The number of aromatic nitrogens is 2. The van der Waals surface area contributed by atoms with E-state index in [0.29, 0.717) is 30.3 Å². The molecule has 4 N–H and O–H groups in total. The standard InChI is InChI=1S/C24H18F3N5O4/c1-13-2-4-15(10-18(13)36-23-20-21(30-12-31-23)29-6-7-35-20)22(34)32-17-9-14(3-5-19(28)33)8-16(11-17)24(25,26)27/h2,4,8-12H,6-7H2,1H3,(H2,28,33)(H,32,34)(H,29,30,31). The maximum atomic E-state index is 13.3. The van der Waals surface area contributed by atoms with Gasteiger partial charge in [0.25, 0.3) is 17.7 Å². The second kappa shape index (κ2) is 9.83. The van der Waals surface area contributed by atoms with Crippen molar-refractivity contribution in [2.45, 2.75) is 13.1 Å². The highest BCUT2D eigenvalue weighted by Crippen LogP contribution is 2.37. The molecule has 1 aliphatic rings. The normalized spacial score (nSPS) is 12.2. The first-order valence-corrected chi connectivity index (χ1v) is 10.5. The van der Waals surface area contributed by atoms with E-state index >= 15 is 0 Å². The molecule has 0 saturated carbocycles. The predicted molar refractivity (Wildman–Crippen MR) is 123 cm³/mol. The maximum Gasteiger partial charge on any atom is 0.416 e. The van der Waals surface area contributed by atoms with Gasteiger partial charge in [-0.25, -0.2) is 4.98 Å². The molecular formula is C24H18F3N5O4. The Kier molecular flexibility index (Phi) is 6.64. The zero-order valence-electron chi connectivity index (χ0n) is 18.7. The van der Waals surface area contributed by atoms with Crippen LogP contribution in [0.25, 0.3) is 0 Å². The zero-order chi connectivity index (χ0) is 25.9. The molecule has 1 aromatic heterocycles. The average Bonchev–Trinajstić information content (AvgIpc) is 2.83. The van der Waals surface area contributed by atoms with E-state index in [9.17, 15) is 22.8 Å². The topological polar surface area (TPSA) is 128 Å². The number of primary amides is 1. The summed E-state index contributed by atoms with van der Waals surface area (Å²) in [5, 5.41) is 5.48. The molecule has 0 radical (unpaired) electrons. The monoisotopic (exact) mass is 497 g/mol. The van der Waals surface area contributed by atoms with Crippen LogP contribution in [0.15, 0.2) is 42.7 Å². The van der Waals surface area contributed by atoms with Crippen LogP contribution in [0, 0.1) is 18.8 Å². The maximum absolute atomic E-state index is 13.3. The Morgan fingerprint density at radius 2 is 2.00 bits per heavy atom. The van der Waals surface area contributed by atoms with Gasteiger partial charge in [-0.3, -0.25) is 9.59 Å². The number of ether oxygens (including phenoxy) is 2. The highest BCUT2D eigenvalue weighted by Gasteiger charge is 2.31. The predicted octanol–water partition coefficient (Wildman–Crippen LogP) is 3.49. The van der Waals surface area contributed by atoms with Crippen molar-refractivity contribution in [3.63, 3.8) is 0 Å². The van der Waals surface area contributed by atoms with Crippen molar-refractivity contribution in [1.82, 2.24) is 9.97 Å². The quantitative estimate of drug-likeness (QED) is 0.471. The second-order valence-electron chi connectivity index (χ2n) is 7.58. The minimum atomic E-state index is -4.71. The largest absolute Gasteiger partial charge is 0.483 e. The molecule has 2 amide bonds. The summed E-state index contributed by atoms with van der Waals surface area (Å²) in [6.07, 6.45) is -3.41. The van der Waals surface area contributed by atoms with Gasteiger partial charge in [-0.05, 0) is 48.7 Å². The van der Waals surface area contributed by atoms with Crippen molar-refractivity contribution in [2.24, 2.45) is 5.73 Å². The number of anilines is 2. The van der Waals surface area contributed by atoms with Gasteiger partial charge in [-0.2, -0.15) is 18.2 Å². The van der Waals surface area contributed by atoms with E-state index in [1.54, 1.807) is 13.0 Å². The molecule has 0 unspecified atom stereocenters. The number of nitrogens with two attached hydrogens (primary N) is 1. The van der Waals surface area contributed by atoms with E-state index in [4.69, 9.17) is 15.2 Å². The molecule has 0 saturated heterocycles. The molecule has 1 aliphatic heterocycles. The molecule has 2 aromatic carbocycles. The van der Waals surface area contributed by atoms with Crippen molar-refractivity contribution >= 4 is 23.3 Å². The molecule has 0 fully saturated rings. The van der Waals surface area contributed by atoms with Gasteiger partial charge >= 0.3 is 6.18 Å². The molecule has 3 aromatic rings. The first-order chi connectivity index (χ1) is 17.1. The van der Waals surface area contributed by atoms with Crippen LogP contribution in [0.4, 0.5) is 24.7 Å². The molecular weight excluding hydrogens is 479 g/mol. The fourth-order valence-electron chi connectivity index (χ4n) is 3.24. The summed E-state index contributed by atoms with van der Waals surface area (Å²) in [5.74, 6) is 3.75. The zero-order valence-corrected chi connectivity index (χ0v) is 18.7. The fourth-order valence-corrected chi connectivity index (χ4v) is 3.24. The van der Waals surface area contributed by atoms with Crippen LogP contribution >= 0.6 is 0 Å². The van der Waals surface area contributed by atoms with E-state index in [0.717, 1.165) is 12.1 Å². The van der Waals surface area contributed by atoms with Crippen molar-refractivity contribution in [3.05, 3.63) is 65.0 Å². The van der Waals surface area contributed by atoms with Crippen LogP contribution in [0.3, 0.4) is 0 Å². The molecule has 4 rings (SSSR count). The van der Waals surface area contributed by atoms with Crippen LogP contribution in [0.2, 0.25) is 0 Å². The Bertz CT molecular complexity index is 1410. The lowest BCUT2D eigenvalue weighted by Gasteiger charge is -2.20. The first-order valence-electron chi connectivity index (χ1n) is 10.5. The number of carbonyl (C=O) groups excluding carboxylic acids is 2. The SMILES string of the molecule is Cc1ccc(C(=O)Nc2cc(C#CC(N)=O)cc(C(F)(F)F)c2)cc1Oc1ncnc2c1OCCN2. The van der Waals surface area contributed by atoms with E-state index in [1.165, 1.54) is 24.5 Å². The second-order valence-corrected chi connectivity index (χ2v) is 7.58. The molecule has 12 heteroatoms. The Morgan fingerprint density at radius 3 is 2.75 bits per heavy atom. The number of hydrogen-bond donors (Lipinski definition) is 3. The summed E-state index contributed by atoms with van der Waals surface area (Å²) in [6.45, 7) is 2.71.